The molecule has 0 bridgehead atoms. The normalized spacial score (nSPS) is 10.5. The number of anilines is 1. The van der Waals surface area contributed by atoms with Crippen molar-refractivity contribution in [1.29, 1.82) is 0 Å². The summed E-state index contributed by atoms with van der Waals surface area (Å²) in [6.45, 7) is 2.78. The lowest BCUT2D eigenvalue weighted by molar-refractivity contribution is 0.101. The molecule has 2 aromatic heterocycles. The average Bonchev–Trinajstić information content (AvgIpc) is 2.85. The molecule has 0 spiro atoms. The number of halogens is 1. The molecule has 2 aromatic rings. The molecule has 0 saturated heterocycles. The Balaban J connectivity index is 2.14. The van der Waals surface area contributed by atoms with Crippen LogP contribution in [0.1, 0.15) is 17.4 Å². The first kappa shape index (κ1) is 11.9. The monoisotopic (exact) mass is 296 g/mol. The van der Waals surface area contributed by atoms with Gasteiger partial charge >= 0.3 is 0 Å². The number of hydrogen-bond donors (Lipinski definition) is 1. The van der Waals surface area contributed by atoms with Gasteiger partial charge in [0, 0.05) is 30.5 Å². The van der Waals surface area contributed by atoms with Crippen molar-refractivity contribution in [1.82, 2.24) is 14.3 Å². The maximum atomic E-state index is 12.0. The number of amides is 1. The predicted octanol–water partition coefficient (Wildman–Crippen LogP) is 2.26. The highest BCUT2D eigenvalue weighted by molar-refractivity contribution is 9.10. The van der Waals surface area contributed by atoms with Crippen LogP contribution in [0.4, 0.5) is 5.69 Å². The van der Waals surface area contributed by atoms with Crippen LogP contribution in [0.2, 0.25) is 0 Å². The fraction of sp³-hybridized carbons (Fsp3) is 0.273. The Morgan fingerprint density at radius 3 is 2.82 bits per heavy atom. The molecular weight excluding hydrogens is 284 g/mol. The van der Waals surface area contributed by atoms with E-state index in [1.807, 2.05) is 20.2 Å². The van der Waals surface area contributed by atoms with E-state index in [9.17, 15) is 4.79 Å². The summed E-state index contributed by atoms with van der Waals surface area (Å²) in [6, 6.07) is 1.78. The molecule has 6 heteroatoms. The van der Waals surface area contributed by atoms with E-state index in [4.69, 9.17) is 0 Å². The molecule has 2 rings (SSSR count). The number of rotatable bonds is 3. The number of hydrogen-bond acceptors (Lipinski definition) is 2. The summed E-state index contributed by atoms with van der Waals surface area (Å²) in [6.07, 6.45) is 5.28. The van der Waals surface area contributed by atoms with E-state index in [1.165, 1.54) is 0 Å². The Bertz CT molecular complexity index is 543. The number of aryl methyl sites for hydroxylation is 2. The maximum Gasteiger partial charge on any atom is 0.272 e. The Labute approximate surface area is 108 Å². The molecule has 0 saturated carbocycles. The van der Waals surface area contributed by atoms with Crippen LogP contribution in [-0.2, 0) is 13.6 Å². The minimum atomic E-state index is -0.145. The van der Waals surface area contributed by atoms with Gasteiger partial charge in [-0.15, -0.1) is 0 Å². The molecule has 1 N–H and O–H groups in total. The summed E-state index contributed by atoms with van der Waals surface area (Å²) in [5.74, 6) is -0.145. The number of carbonyl (C=O) groups is 1. The van der Waals surface area contributed by atoms with Crippen LogP contribution < -0.4 is 5.32 Å². The lowest BCUT2D eigenvalue weighted by Crippen LogP contribution is -2.14. The van der Waals surface area contributed by atoms with Gasteiger partial charge in [-0.1, -0.05) is 0 Å². The first-order valence-electron chi connectivity index (χ1n) is 5.26. The molecular formula is C11H13BrN4O. The van der Waals surface area contributed by atoms with Crippen LogP contribution in [-0.4, -0.2) is 20.3 Å². The Morgan fingerprint density at radius 1 is 1.53 bits per heavy atom. The van der Waals surface area contributed by atoms with Gasteiger partial charge in [-0.05, 0) is 28.9 Å². The van der Waals surface area contributed by atoms with Crippen LogP contribution >= 0.6 is 15.9 Å². The molecule has 0 atom stereocenters. The van der Waals surface area contributed by atoms with E-state index in [0.717, 1.165) is 11.0 Å². The minimum absolute atomic E-state index is 0.145. The van der Waals surface area contributed by atoms with Crippen molar-refractivity contribution in [3.05, 3.63) is 34.8 Å². The van der Waals surface area contributed by atoms with Crippen molar-refractivity contribution >= 4 is 27.5 Å². The highest BCUT2D eigenvalue weighted by atomic mass is 79.9. The molecule has 90 valence electrons. The fourth-order valence-electron chi connectivity index (χ4n) is 1.55. The predicted molar refractivity (Wildman–Crippen MR) is 69.0 cm³/mol. The van der Waals surface area contributed by atoms with Gasteiger partial charge in [-0.2, -0.15) is 5.10 Å². The number of nitrogens with zero attached hydrogens (tertiary/aromatic N) is 3. The molecule has 0 aliphatic carbocycles. The molecule has 17 heavy (non-hydrogen) atoms. The van der Waals surface area contributed by atoms with Gasteiger partial charge in [-0.3, -0.25) is 9.48 Å². The highest BCUT2D eigenvalue weighted by Gasteiger charge is 2.11. The van der Waals surface area contributed by atoms with Crippen molar-refractivity contribution in [3.63, 3.8) is 0 Å². The summed E-state index contributed by atoms with van der Waals surface area (Å²) in [4.78, 5) is 12.0. The highest BCUT2D eigenvalue weighted by Crippen LogP contribution is 2.15. The standard InChI is InChI=1S/C11H13BrN4O/c1-3-16-7-9(5-13-16)14-11(17)10-4-8(12)6-15(10)2/h4-7H,3H2,1-2H3,(H,14,17). The maximum absolute atomic E-state index is 12.0. The zero-order valence-electron chi connectivity index (χ0n) is 9.64. The van der Waals surface area contributed by atoms with Gasteiger partial charge in [0.25, 0.3) is 5.91 Å². The summed E-state index contributed by atoms with van der Waals surface area (Å²) in [5.41, 5.74) is 1.30. The second kappa shape index (κ2) is 4.75. The van der Waals surface area contributed by atoms with Gasteiger partial charge in [0.1, 0.15) is 5.69 Å². The van der Waals surface area contributed by atoms with E-state index < -0.39 is 0 Å². The largest absolute Gasteiger partial charge is 0.345 e. The van der Waals surface area contributed by atoms with Gasteiger partial charge in [0.2, 0.25) is 0 Å². The molecule has 0 aliphatic heterocycles. The summed E-state index contributed by atoms with van der Waals surface area (Å²) in [5, 5.41) is 6.90. The molecule has 0 fully saturated rings. The molecule has 1 amide bonds. The van der Waals surface area contributed by atoms with Crippen LogP contribution in [0, 0.1) is 0 Å². The third kappa shape index (κ3) is 2.58. The summed E-state index contributed by atoms with van der Waals surface area (Å²) in [7, 11) is 1.83. The first-order chi connectivity index (χ1) is 8.10. The second-order valence-electron chi connectivity index (χ2n) is 3.69. The molecule has 0 aliphatic rings. The van der Waals surface area contributed by atoms with E-state index >= 15 is 0 Å². The van der Waals surface area contributed by atoms with E-state index in [1.54, 1.807) is 27.7 Å². The molecule has 2 heterocycles. The van der Waals surface area contributed by atoms with Gasteiger partial charge in [0.05, 0.1) is 11.9 Å². The number of nitrogens with one attached hydrogen (secondary N) is 1. The Kier molecular flexibility index (Phi) is 3.33. The van der Waals surface area contributed by atoms with E-state index in [2.05, 4.69) is 26.3 Å². The fourth-order valence-corrected chi connectivity index (χ4v) is 2.07. The zero-order valence-corrected chi connectivity index (χ0v) is 11.2. The van der Waals surface area contributed by atoms with Crippen molar-refractivity contribution < 1.29 is 4.79 Å². The van der Waals surface area contributed by atoms with Gasteiger partial charge in [-0.25, -0.2) is 0 Å². The van der Waals surface area contributed by atoms with E-state index in [0.29, 0.717) is 11.4 Å². The minimum Gasteiger partial charge on any atom is -0.345 e. The van der Waals surface area contributed by atoms with Crippen LogP contribution in [0.5, 0.6) is 0 Å². The van der Waals surface area contributed by atoms with Gasteiger partial charge in [0.15, 0.2) is 0 Å². The molecule has 0 radical (unpaired) electrons. The van der Waals surface area contributed by atoms with Crippen molar-refractivity contribution in [2.45, 2.75) is 13.5 Å². The smallest absolute Gasteiger partial charge is 0.272 e. The van der Waals surface area contributed by atoms with E-state index in [-0.39, 0.29) is 5.91 Å². The summed E-state index contributed by atoms with van der Waals surface area (Å²) >= 11 is 3.33. The lowest BCUT2D eigenvalue weighted by Gasteiger charge is -2.02. The first-order valence-corrected chi connectivity index (χ1v) is 6.05. The zero-order chi connectivity index (χ0) is 12.4. The number of aromatic nitrogens is 3. The topological polar surface area (TPSA) is 51.9 Å². The quantitative estimate of drug-likeness (QED) is 0.944. The van der Waals surface area contributed by atoms with Crippen LogP contribution in [0.25, 0.3) is 0 Å². The summed E-state index contributed by atoms with van der Waals surface area (Å²) < 4.78 is 4.41. The number of carbonyl (C=O) groups excluding carboxylic acids is 1. The van der Waals surface area contributed by atoms with Crippen LogP contribution in [0.3, 0.4) is 0 Å². The Morgan fingerprint density at radius 2 is 2.29 bits per heavy atom. The van der Waals surface area contributed by atoms with Crippen LogP contribution in [0.15, 0.2) is 29.1 Å². The third-order valence-electron chi connectivity index (χ3n) is 2.42. The van der Waals surface area contributed by atoms with Crippen molar-refractivity contribution in [2.24, 2.45) is 7.05 Å². The molecule has 0 unspecified atom stereocenters. The lowest BCUT2D eigenvalue weighted by atomic mass is 10.4. The SMILES string of the molecule is CCn1cc(NC(=O)c2cc(Br)cn2C)cn1. The second-order valence-corrected chi connectivity index (χ2v) is 4.61. The average molecular weight is 297 g/mol. The third-order valence-corrected chi connectivity index (χ3v) is 2.85. The Hall–Kier alpha value is -1.56. The van der Waals surface area contributed by atoms with Gasteiger partial charge < -0.3 is 9.88 Å². The van der Waals surface area contributed by atoms with Crippen molar-refractivity contribution in [3.8, 4) is 0 Å². The van der Waals surface area contributed by atoms with Crippen molar-refractivity contribution in [2.75, 3.05) is 5.32 Å². The molecule has 0 aromatic carbocycles. The molecule has 5 nitrogen and oxygen atoms in total.